The first-order valence-electron chi connectivity index (χ1n) is 4.52. The number of ether oxygens (including phenoxy) is 1. The molecule has 0 N–H and O–H groups in total. The standard InChI is InChI=1S/C10H8BrNO3S/c1-6(9-12-4-5-16-9)14-10(13)7-2-3-8(11)15-7/h2-6H,1H3/t6-/m0/s1. The molecule has 0 spiro atoms. The van der Waals surface area contributed by atoms with Gasteiger partial charge in [-0.15, -0.1) is 11.3 Å². The van der Waals surface area contributed by atoms with Gasteiger partial charge in [0.15, 0.2) is 10.8 Å². The van der Waals surface area contributed by atoms with Gasteiger partial charge in [-0.1, -0.05) is 0 Å². The second-order valence-corrected chi connectivity index (χ2v) is 4.73. The molecule has 0 radical (unpaired) electrons. The lowest BCUT2D eigenvalue weighted by Gasteiger charge is -2.08. The number of furan rings is 1. The minimum atomic E-state index is -0.492. The molecular formula is C10H8BrNO3S. The highest BCUT2D eigenvalue weighted by molar-refractivity contribution is 9.10. The highest BCUT2D eigenvalue weighted by Crippen LogP contribution is 2.22. The summed E-state index contributed by atoms with van der Waals surface area (Å²) in [4.78, 5) is 15.7. The summed E-state index contributed by atoms with van der Waals surface area (Å²) in [5.41, 5.74) is 0. The van der Waals surface area contributed by atoms with E-state index in [0.29, 0.717) is 4.67 Å². The molecule has 2 rings (SSSR count). The van der Waals surface area contributed by atoms with Crippen LogP contribution in [0.5, 0.6) is 0 Å². The molecule has 2 aromatic rings. The topological polar surface area (TPSA) is 52.3 Å². The SMILES string of the molecule is C[C@H](OC(=O)c1ccc(Br)o1)c1nccs1. The van der Waals surface area contributed by atoms with Gasteiger partial charge in [-0.2, -0.15) is 0 Å². The third-order valence-electron chi connectivity index (χ3n) is 1.86. The van der Waals surface area contributed by atoms with E-state index in [2.05, 4.69) is 20.9 Å². The van der Waals surface area contributed by atoms with E-state index < -0.39 is 5.97 Å². The number of hydrogen-bond acceptors (Lipinski definition) is 5. The average Bonchev–Trinajstić information content (AvgIpc) is 2.87. The molecule has 6 heteroatoms. The van der Waals surface area contributed by atoms with Crippen LogP contribution in [-0.2, 0) is 4.74 Å². The minimum absolute atomic E-state index is 0.176. The molecule has 0 aromatic carbocycles. The molecule has 1 atom stereocenters. The Hall–Kier alpha value is -1.14. The highest BCUT2D eigenvalue weighted by Gasteiger charge is 2.18. The fourth-order valence-corrected chi connectivity index (χ4v) is 2.06. The lowest BCUT2D eigenvalue weighted by Crippen LogP contribution is -2.08. The Balaban J connectivity index is 2.03. The molecule has 0 aliphatic carbocycles. The van der Waals surface area contributed by atoms with Crippen molar-refractivity contribution >= 4 is 33.2 Å². The zero-order valence-electron chi connectivity index (χ0n) is 8.34. The molecule has 0 amide bonds. The van der Waals surface area contributed by atoms with E-state index in [1.807, 2.05) is 5.38 Å². The Kier molecular flexibility index (Phi) is 3.40. The second kappa shape index (κ2) is 4.80. The molecule has 4 nitrogen and oxygen atoms in total. The van der Waals surface area contributed by atoms with E-state index in [4.69, 9.17) is 9.15 Å². The van der Waals surface area contributed by atoms with Crippen LogP contribution in [0.4, 0.5) is 0 Å². The van der Waals surface area contributed by atoms with Gasteiger partial charge in [-0.05, 0) is 35.0 Å². The molecule has 0 bridgehead atoms. The van der Waals surface area contributed by atoms with Gasteiger partial charge in [0.25, 0.3) is 0 Å². The van der Waals surface area contributed by atoms with Crippen LogP contribution in [0.15, 0.2) is 32.8 Å². The van der Waals surface area contributed by atoms with Crippen LogP contribution in [-0.4, -0.2) is 11.0 Å². The summed E-state index contributed by atoms with van der Waals surface area (Å²) >= 11 is 4.57. The van der Waals surface area contributed by atoms with Gasteiger partial charge in [-0.25, -0.2) is 9.78 Å². The first kappa shape index (κ1) is 11.3. The molecule has 2 heterocycles. The third kappa shape index (κ3) is 2.51. The van der Waals surface area contributed by atoms with Crippen molar-refractivity contribution in [3.05, 3.63) is 39.1 Å². The highest BCUT2D eigenvalue weighted by atomic mass is 79.9. The number of thiazole rings is 1. The largest absolute Gasteiger partial charge is 0.449 e. The zero-order chi connectivity index (χ0) is 11.5. The van der Waals surface area contributed by atoms with Gasteiger partial charge in [0, 0.05) is 11.6 Å². The lowest BCUT2D eigenvalue weighted by atomic mass is 10.4. The van der Waals surface area contributed by atoms with Crippen molar-refractivity contribution in [1.29, 1.82) is 0 Å². The van der Waals surface area contributed by atoms with Gasteiger partial charge >= 0.3 is 5.97 Å². The van der Waals surface area contributed by atoms with Crippen LogP contribution in [0.3, 0.4) is 0 Å². The van der Waals surface area contributed by atoms with Crippen LogP contribution >= 0.6 is 27.3 Å². The van der Waals surface area contributed by atoms with Gasteiger partial charge < -0.3 is 9.15 Å². The molecule has 0 fully saturated rings. The Morgan fingerprint density at radius 3 is 3.00 bits per heavy atom. The van der Waals surface area contributed by atoms with Crippen molar-refractivity contribution in [1.82, 2.24) is 4.98 Å². The van der Waals surface area contributed by atoms with E-state index in [9.17, 15) is 4.79 Å². The molecule has 2 aromatic heterocycles. The molecule has 84 valence electrons. The molecule has 0 aliphatic heterocycles. The Labute approximate surface area is 104 Å². The maximum Gasteiger partial charge on any atom is 0.374 e. The summed E-state index contributed by atoms with van der Waals surface area (Å²) in [5.74, 6) is -0.316. The Bertz CT molecular complexity index is 480. The first-order chi connectivity index (χ1) is 7.66. The van der Waals surface area contributed by atoms with Crippen molar-refractivity contribution in [3.63, 3.8) is 0 Å². The van der Waals surface area contributed by atoms with Gasteiger partial charge in [-0.3, -0.25) is 0 Å². The first-order valence-corrected chi connectivity index (χ1v) is 6.20. The van der Waals surface area contributed by atoms with Gasteiger partial charge in [0.05, 0.1) is 0 Å². The smallest absolute Gasteiger partial charge is 0.374 e. The maximum atomic E-state index is 11.6. The number of nitrogens with zero attached hydrogens (tertiary/aromatic N) is 1. The Morgan fingerprint density at radius 2 is 2.44 bits per heavy atom. The van der Waals surface area contributed by atoms with E-state index >= 15 is 0 Å². The molecule has 0 saturated carbocycles. The van der Waals surface area contributed by atoms with Crippen molar-refractivity contribution in [2.24, 2.45) is 0 Å². The Morgan fingerprint density at radius 1 is 1.62 bits per heavy atom. The van der Waals surface area contributed by atoms with E-state index in [1.54, 1.807) is 25.3 Å². The summed E-state index contributed by atoms with van der Waals surface area (Å²) in [5, 5.41) is 2.60. The van der Waals surface area contributed by atoms with E-state index in [-0.39, 0.29) is 11.9 Å². The number of esters is 1. The van der Waals surface area contributed by atoms with Gasteiger partial charge in [0.1, 0.15) is 5.01 Å². The monoisotopic (exact) mass is 301 g/mol. The van der Waals surface area contributed by atoms with Crippen LogP contribution < -0.4 is 0 Å². The summed E-state index contributed by atoms with van der Waals surface area (Å²) in [6, 6.07) is 3.20. The van der Waals surface area contributed by atoms with Gasteiger partial charge in [0.2, 0.25) is 5.76 Å². The van der Waals surface area contributed by atoms with E-state index in [1.165, 1.54) is 11.3 Å². The third-order valence-corrected chi connectivity index (χ3v) is 3.22. The zero-order valence-corrected chi connectivity index (χ0v) is 10.7. The minimum Gasteiger partial charge on any atom is -0.449 e. The number of hydrogen-bond donors (Lipinski definition) is 0. The number of aromatic nitrogens is 1. The average molecular weight is 302 g/mol. The predicted molar refractivity (Wildman–Crippen MR) is 62.4 cm³/mol. The van der Waals surface area contributed by atoms with Crippen LogP contribution in [0.1, 0.15) is 28.6 Å². The van der Waals surface area contributed by atoms with Crippen molar-refractivity contribution in [2.75, 3.05) is 0 Å². The van der Waals surface area contributed by atoms with Crippen molar-refractivity contribution in [2.45, 2.75) is 13.0 Å². The second-order valence-electron chi connectivity index (χ2n) is 3.02. The maximum absolute atomic E-state index is 11.6. The summed E-state index contributed by atoms with van der Waals surface area (Å²) in [7, 11) is 0. The quantitative estimate of drug-likeness (QED) is 0.815. The van der Waals surface area contributed by atoms with Crippen molar-refractivity contribution < 1.29 is 13.9 Å². The summed E-state index contributed by atoms with van der Waals surface area (Å²) in [6.07, 6.45) is 1.31. The molecule has 0 unspecified atom stereocenters. The number of halogens is 1. The number of carbonyl (C=O) groups is 1. The lowest BCUT2D eigenvalue weighted by molar-refractivity contribution is 0.0299. The van der Waals surface area contributed by atoms with Crippen LogP contribution in [0, 0.1) is 0 Å². The number of rotatable bonds is 3. The van der Waals surface area contributed by atoms with E-state index in [0.717, 1.165) is 5.01 Å². The molecular weight excluding hydrogens is 294 g/mol. The van der Waals surface area contributed by atoms with Crippen LogP contribution in [0.2, 0.25) is 0 Å². The van der Waals surface area contributed by atoms with Crippen molar-refractivity contribution in [3.8, 4) is 0 Å². The fraction of sp³-hybridized carbons (Fsp3) is 0.200. The summed E-state index contributed by atoms with van der Waals surface area (Å²) < 4.78 is 10.8. The molecule has 0 saturated heterocycles. The predicted octanol–water partition coefficient (Wildman–Crippen LogP) is 3.42. The molecule has 16 heavy (non-hydrogen) atoms. The van der Waals surface area contributed by atoms with Crippen LogP contribution in [0.25, 0.3) is 0 Å². The molecule has 0 aliphatic rings. The normalized spacial score (nSPS) is 12.4. The number of carbonyl (C=O) groups excluding carboxylic acids is 1. The fourth-order valence-electron chi connectivity index (χ4n) is 1.13. The summed E-state index contributed by atoms with van der Waals surface area (Å²) in [6.45, 7) is 1.77.